The fraction of sp³-hybridized carbons (Fsp3) is 0.400. The van der Waals surface area contributed by atoms with Crippen molar-refractivity contribution in [2.75, 3.05) is 17.3 Å². The molecule has 1 atom stereocenters. The Labute approximate surface area is 148 Å². The lowest BCUT2D eigenvalue weighted by Gasteiger charge is -2.09. The van der Waals surface area contributed by atoms with Crippen molar-refractivity contribution in [1.29, 1.82) is 0 Å². The Morgan fingerprint density at radius 2 is 2.16 bits per heavy atom. The average Bonchev–Trinajstić information content (AvgIpc) is 3.08. The summed E-state index contributed by atoms with van der Waals surface area (Å²) in [5.74, 6) is -0.660. The third kappa shape index (κ3) is 4.18. The number of ether oxygens (including phenoxy) is 1. The van der Waals surface area contributed by atoms with Gasteiger partial charge in [-0.3, -0.25) is 4.79 Å². The predicted molar refractivity (Wildman–Crippen MR) is 90.3 cm³/mol. The van der Waals surface area contributed by atoms with Crippen LogP contribution in [0.5, 0.6) is 0 Å². The van der Waals surface area contributed by atoms with E-state index >= 15 is 0 Å². The van der Waals surface area contributed by atoms with Gasteiger partial charge in [0.2, 0.25) is 0 Å². The highest BCUT2D eigenvalue weighted by Gasteiger charge is 2.30. The number of rotatable bonds is 5. The molecule has 0 spiro atoms. The van der Waals surface area contributed by atoms with Gasteiger partial charge in [0.25, 0.3) is 0 Å². The van der Waals surface area contributed by atoms with Crippen LogP contribution in [0.1, 0.15) is 6.42 Å². The van der Waals surface area contributed by atoms with E-state index in [-0.39, 0.29) is 17.3 Å². The van der Waals surface area contributed by atoms with Crippen LogP contribution < -0.4 is 0 Å². The maximum atomic E-state index is 13.9. The van der Waals surface area contributed by atoms with Crippen molar-refractivity contribution < 1.29 is 22.3 Å². The molecule has 1 aromatic carbocycles. The van der Waals surface area contributed by atoms with Crippen molar-refractivity contribution in [3.8, 4) is 11.4 Å². The molecule has 1 aromatic heterocycles. The number of esters is 1. The van der Waals surface area contributed by atoms with Crippen LogP contribution in [0, 0.1) is 5.82 Å². The number of sulfone groups is 1. The van der Waals surface area contributed by atoms with E-state index < -0.39 is 27.7 Å². The lowest BCUT2D eigenvalue weighted by Crippen LogP contribution is -2.20. The number of hydrogen-bond acceptors (Lipinski definition) is 7. The number of nitrogens with zero attached hydrogens (tertiary/aromatic N) is 3. The lowest BCUT2D eigenvalue weighted by molar-refractivity contribution is -0.144. The standard InChI is InChI=1S/C15H16FN3O4S2/c1-19-14(11-4-2-3-5-12(11)16)17-18-15(19)24-8-13(20)23-10-6-7-25(21,22)9-10/h2-5,10H,6-9H2,1H3/t10-/m1/s1. The number of carbonyl (C=O) groups excluding carboxylic acids is 1. The summed E-state index contributed by atoms with van der Waals surface area (Å²) in [6.07, 6.45) is -0.244. The molecule has 0 aliphatic carbocycles. The fourth-order valence-electron chi connectivity index (χ4n) is 2.51. The molecule has 2 aromatic rings. The average molecular weight is 385 g/mol. The van der Waals surface area contributed by atoms with Gasteiger partial charge in [-0.25, -0.2) is 12.8 Å². The van der Waals surface area contributed by atoms with Crippen LogP contribution in [-0.4, -0.2) is 52.5 Å². The minimum Gasteiger partial charge on any atom is -0.461 e. The van der Waals surface area contributed by atoms with Crippen molar-refractivity contribution >= 4 is 27.6 Å². The second kappa shape index (κ2) is 7.12. The highest BCUT2D eigenvalue weighted by atomic mass is 32.2. The minimum absolute atomic E-state index is 0.0280. The molecule has 7 nitrogen and oxygen atoms in total. The molecule has 1 aliphatic heterocycles. The van der Waals surface area contributed by atoms with Gasteiger partial charge in [-0.15, -0.1) is 10.2 Å². The Kier molecular flexibility index (Phi) is 5.09. The summed E-state index contributed by atoms with van der Waals surface area (Å²) in [6.45, 7) is 0. The molecule has 0 bridgehead atoms. The van der Waals surface area contributed by atoms with Crippen molar-refractivity contribution in [2.45, 2.75) is 17.7 Å². The minimum atomic E-state index is -3.09. The van der Waals surface area contributed by atoms with Crippen LogP contribution in [0.4, 0.5) is 4.39 Å². The quantitative estimate of drug-likeness (QED) is 0.568. The topological polar surface area (TPSA) is 91.2 Å². The fourth-order valence-corrected chi connectivity index (χ4v) is 4.80. The molecule has 2 heterocycles. The molecule has 25 heavy (non-hydrogen) atoms. The van der Waals surface area contributed by atoms with Gasteiger partial charge in [-0.1, -0.05) is 23.9 Å². The maximum Gasteiger partial charge on any atom is 0.316 e. The van der Waals surface area contributed by atoms with Crippen LogP contribution in [-0.2, 0) is 26.4 Å². The molecule has 10 heteroatoms. The largest absolute Gasteiger partial charge is 0.461 e. The first-order valence-electron chi connectivity index (χ1n) is 7.53. The SMILES string of the molecule is Cn1c(SCC(=O)O[C@@H]2CCS(=O)(=O)C2)nnc1-c1ccccc1F. The summed E-state index contributed by atoms with van der Waals surface area (Å²) in [5, 5.41) is 8.37. The van der Waals surface area contributed by atoms with Crippen LogP contribution in [0.25, 0.3) is 11.4 Å². The summed E-state index contributed by atoms with van der Waals surface area (Å²) >= 11 is 1.10. The second-order valence-corrected chi connectivity index (χ2v) is 8.82. The van der Waals surface area contributed by atoms with Crippen molar-refractivity contribution in [3.05, 3.63) is 30.1 Å². The van der Waals surface area contributed by atoms with Crippen molar-refractivity contribution in [1.82, 2.24) is 14.8 Å². The van der Waals surface area contributed by atoms with Gasteiger partial charge in [0, 0.05) is 7.05 Å². The number of hydrogen-bond donors (Lipinski definition) is 0. The molecular weight excluding hydrogens is 369 g/mol. The first kappa shape index (κ1) is 17.9. The number of thioether (sulfide) groups is 1. The molecule has 3 rings (SSSR count). The first-order chi connectivity index (χ1) is 11.9. The Balaban J connectivity index is 1.61. The van der Waals surface area contributed by atoms with Crippen LogP contribution in [0.3, 0.4) is 0 Å². The van der Waals surface area contributed by atoms with Gasteiger partial charge in [0.1, 0.15) is 11.9 Å². The summed E-state index contributed by atoms with van der Waals surface area (Å²) < 4.78 is 43.3. The Hall–Kier alpha value is -1.94. The van der Waals surface area contributed by atoms with Gasteiger partial charge < -0.3 is 9.30 Å². The van der Waals surface area contributed by atoms with E-state index in [1.54, 1.807) is 29.8 Å². The van der Waals surface area contributed by atoms with Gasteiger partial charge in [0.15, 0.2) is 20.8 Å². The van der Waals surface area contributed by atoms with E-state index in [0.717, 1.165) is 11.8 Å². The Bertz CT molecular complexity index is 898. The summed E-state index contributed by atoms with van der Waals surface area (Å²) in [5.41, 5.74) is 0.322. The zero-order valence-corrected chi connectivity index (χ0v) is 15.0. The molecule has 1 aliphatic rings. The number of carbonyl (C=O) groups is 1. The number of benzene rings is 1. The van der Waals surface area contributed by atoms with E-state index in [9.17, 15) is 17.6 Å². The van der Waals surface area contributed by atoms with Crippen LogP contribution in [0.15, 0.2) is 29.4 Å². The molecule has 0 N–H and O–H groups in total. The molecule has 1 fully saturated rings. The van der Waals surface area contributed by atoms with Gasteiger partial charge in [-0.05, 0) is 18.6 Å². The second-order valence-electron chi connectivity index (χ2n) is 5.65. The summed E-state index contributed by atoms with van der Waals surface area (Å²) in [4.78, 5) is 11.9. The smallest absolute Gasteiger partial charge is 0.316 e. The lowest BCUT2D eigenvalue weighted by atomic mass is 10.2. The molecule has 0 unspecified atom stereocenters. The summed E-state index contributed by atoms with van der Waals surface area (Å²) in [6, 6.07) is 6.23. The third-order valence-electron chi connectivity index (χ3n) is 3.76. The third-order valence-corrected chi connectivity index (χ3v) is 6.49. The monoisotopic (exact) mass is 385 g/mol. The Morgan fingerprint density at radius 1 is 1.40 bits per heavy atom. The molecule has 134 valence electrons. The molecule has 0 radical (unpaired) electrons. The zero-order chi connectivity index (χ0) is 18.0. The molecular formula is C15H16FN3O4S2. The maximum absolute atomic E-state index is 13.9. The van der Waals surface area contributed by atoms with E-state index in [0.29, 0.717) is 23.0 Å². The first-order valence-corrected chi connectivity index (χ1v) is 10.3. The molecule has 0 saturated carbocycles. The highest BCUT2D eigenvalue weighted by molar-refractivity contribution is 7.99. The van der Waals surface area contributed by atoms with Gasteiger partial charge >= 0.3 is 5.97 Å². The van der Waals surface area contributed by atoms with Crippen LogP contribution in [0.2, 0.25) is 0 Å². The highest BCUT2D eigenvalue weighted by Crippen LogP contribution is 2.25. The normalized spacial score (nSPS) is 19.0. The van der Waals surface area contributed by atoms with Crippen molar-refractivity contribution in [2.24, 2.45) is 7.05 Å². The van der Waals surface area contributed by atoms with Crippen molar-refractivity contribution in [3.63, 3.8) is 0 Å². The Morgan fingerprint density at radius 3 is 2.84 bits per heavy atom. The van der Waals surface area contributed by atoms with Crippen LogP contribution >= 0.6 is 11.8 Å². The van der Waals surface area contributed by atoms with E-state index in [2.05, 4.69) is 10.2 Å². The number of aromatic nitrogens is 3. The molecule has 0 amide bonds. The zero-order valence-electron chi connectivity index (χ0n) is 13.4. The predicted octanol–water partition coefficient (Wildman–Crippen LogP) is 1.44. The van der Waals surface area contributed by atoms with E-state index in [4.69, 9.17) is 4.74 Å². The molecule has 1 saturated heterocycles. The summed E-state index contributed by atoms with van der Waals surface area (Å²) in [7, 11) is -1.41. The van der Waals surface area contributed by atoms with E-state index in [1.807, 2.05) is 0 Å². The van der Waals surface area contributed by atoms with Gasteiger partial charge in [-0.2, -0.15) is 0 Å². The number of halogens is 1. The van der Waals surface area contributed by atoms with Gasteiger partial charge in [0.05, 0.1) is 22.8 Å². The van der Waals surface area contributed by atoms with E-state index in [1.165, 1.54) is 6.07 Å².